The lowest BCUT2D eigenvalue weighted by Gasteiger charge is -2.07. The maximum Gasteiger partial charge on any atom is 0.204 e. The Bertz CT molecular complexity index is 1150. The molecule has 0 saturated carbocycles. The normalized spacial score (nSPS) is 11.2. The number of hydrazone groups is 1. The van der Waals surface area contributed by atoms with E-state index in [-0.39, 0.29) is 0 Å². The topological polar surface area (TPSA) is 46.5 Å². The summed E-state index contributed by atoms with van der Waals surface area (Å²) in [6.45, 7) is 4.03. The van der Waals surface area contributed by atoms with Gasteiger partial charge in [0.05, 0.1) is 16.4 Å². The fourth-order valence-electron chi connectivity index (χ4n) is 2.68. The standard InChI is InChI=1S/C22H18ClN3OS/c1-14-3-10-20-21(11-14)28-22(25-20)26-24-13-16-4-6-17(7-5-16)27-18-8-9-19(23)15(2)12-18/h3-13H,1-2H3,(H,25,26)/b24-13-. The molecule has 4 rings (SSSR count). The van der Waals surface area contributed by atoms with Crippen LogP contribution in [-0.2, 0) is 0 Å². The van der Waals surface area contributed by atoms with Crippen LogP contribution in [0.15, 0.2) is 65.8 Å². The summed E-state index contributed by atoms with van der Waals surface area (Å²) in [5, 5.41) is 5.79. The van der Waals surface area contributed by atoms with Crippen molar-refractivity contribution in [3.8, 4) is 11.5 Å². The summed E-state index contributed by atoms with van der Waals surface area (Å²) in [5.41, 5.74) is 7.15. The first-order valence-electron chi connectivity index (χ1n) is 8.77. The molecule has 0 bridgehead atoms. The molecule has 0 aliphatic heterocycles. The van der Waals surface area contributed by atoms with Crippen molar-refractivity contribution in [3.63, 3.8) is 0 Å². The molecule has 3 aromatic carbocycles. The molecule has 0 radical (unpaired) electrons. The minimum Gasteiger partial charge on any atom is -0.457 e. The highest BCUT2D eigenvalue weighted by Crippen LogP contribution is 2.27. The van der Waals surface area contributed by atoms with E-state index in [9.17, 15) is 0 Å². The van der Waals surface area contributed by atoms with E-state index in [4.69, 9.17) is 16.3 Å². The largest absolute Gasteiger partial charge is 0.457 e. The minimum atomic E-state index is 0.731. The van der Waals surface area contributed by atoms with Crippen molar-refractivity contribution in [2.75, 3.05) is 5.43 Å². The maximum atomic E-state index is 6.05. The van der Waals surface area contributed by atoms with Gasteiger partial charge in [-0.1, -0.05) is 29.0 Å². The molecule has 0 aliphatic carbocycles. The average molecular weight is 408 g/mol. The van der Waals surface area contributed by atoms with E-state index >= 15 is 0 Å². The van der Waals surface area contributed by atoms with E-state index in [0.29, 0.717) is 0 Å². The minimum absolute atomic E-state index is 0.731. The maximum absolute atomic E-state index is 6.05. The molecule has 0 saturated heterocycles. The van der Waals surface area contributed by atoms with Crippen molar-refractivity contribution in [3.05, 3.63) is 82.4 Å². The van der Waals surface area contributed by atoms with E-state index in [1.807, 2.05) is 55.5 Å². The fraction of sp³-hybridized carbons (Fsp3) is 0.0909. The van der Waals surface area contributed by atoms with Crippen LogP contribution in [0.3, 0.4) is 0 Å². The number of hydrogen-bond donors (Lipinski definition) is 1. The van der Waals surface area contributed by atoms with E-state index in [2.05, 4.69) is 34.6 Å². The number of anilines is 1. The van der Waals surface area contributed by atoms with Gasteiger partial charge in [0.25, 0.3) is 0 Å². The predicted octanol–water partition coefficient (Wildman–Crippen LogP) is 6.80. The summed E-state index contributed by atoms with van der Waals surface area (Å²) in [4.78, 5) is 4.52. The Morgan fingerprint density at radius 1 is 1.00 bits per heavy atom. The lowest BCUT2D eigenvalue weighted by molar-refractivity contribution is 0.482. The Morgan fingerprint density at radius 2 is 1.79 bits per heavy atom. The Morgan fingerprint density at radius 3 is 2.57 bits per heavy atom. The van der Waals surface area contributed by atoms with Gasteiger partial charge in [-0.3, -0.25) is 5.43 Å². The Kier molecular flexibility index (Phi) is 5.28. The summed E-state index contributed by atoms with van der Waals surface area (Å²) >= 11 is 7.63. The molecule has 4 nitrogen and oxygen atoms in total. The van der Waals surface area contributed by atoms with Crippen LogP contribution in [-0.4, -0.2) is 11.2 Å². The molecule has 0 aliphatic rings. The summed E-state index contributed by atoms with van der Waals surface area (Å²) < 4.78 is 7.01. The molecule has 140 valence electrons. The molecule has 0 unspecified atom stereocenters. The molecular weight excluding hydrogens is 390 g/mol. The number of hydrogen-bond acceptors (Lipinski definition) is 5. The number of thiazole rings is 1. The third-order valence-electron chi connectivity index (χ3n) is 4.16. The third-order valence-corrected chi connectivity index (χ3v) is 5.51. The van der Waals surface area contributed by atoms with Crippen LogP contribution in [0.5, 0.6) is 11.5 Å². The van der Waals surface area contributed by atoms with Crippen LogP contribution in [0.2, 0.25) is 5.02 Å². The molecule has 6 heteroatoms. The second kappa shape index (κ2) is 8.00. The van der Waals surface area contributed by atoms with Crippen LogP contribution in [0, 0.1) is 13.8 Å². The fourth-order valence-corrected chi connectivity index (χ4v) is 3.71. The van der Waals surface area contributed by atoms with E-state index in [1.54, 1.807) is 17.6 Å². The molecule has 1 N–H and O–H groups in total. The summed E-state index contributed by atoms with van der Waals surface area (Å²) in [6.07, 6.45) is 1.76. The number of aryl methyl sites for hydroxylation is 2. The lowest BCUT2D eigenvalue weighted by atomic mass is 10.2. The van der Waals surface area contributed by atoms with Crippen molar-refractivity contribution in [1.82, 2.24) is 4.98 Å². The number of nitrogens with one attached hydrogen (secondary N) is 1. The van der Waals surface area contributed by atoms with Crippen LogP contribution in [0.1, 0.15) is 16.7 Å². The van der Waals surface area contributed by atoms with Gasteiger partial charge < -0.3 is 4.74 Å². The number of aromatic nitrogens is 1. The van der Waals surface area contributed by atoms with Gasteiger partial charge in [0.1, 0.15) is 11.5 Å². The second-order valence-electron chi connectivity index (χ2n) is 6.44. The van der Waals surface area contributed by atoms with E-state index in [0.717, 1.165) is 43.0 Å². The van der Waals surface area contributed by atoms with Gasteiger partial charge in [-0.05, 0) is 85.1 Å². The Balaban J connectivity index is 1.39. The smallest absolute Gasteiger partial charge is 0.204 e. The Hall–Kier alpha value is -2.89. The molecule has 4 aromatic rings. The zero-order chi connectivity index (χ0) is 19.5. The van der Waals surface area contributed by atoms with Crippen molar-refractivity contribution < 1.29 is 4.74 Å². The first-order valence-corrected chi connectivity index (χ1v) is 9.97. The summed E-state index contributed by atoms with van der Waals surface area (Å²) in [7, 11) is 0. The quantitative estimate of drug-likeness (QED) is 0.292. The zero-order valence-electron chi connectivity index (χ0n) is 15.4. The number of fused-ring (bicyclic) bond motifs is 1. The van der Waals surface area contributed by atoms with Crippen LogP contribution >= 0.6 is 22.9 Å². The third kappa shape index (κ3) is 4.32. The molecular formula is C22H18ClN3OS. The van der Waals surface area contributed by atoms with Crippen LogP contribution in [0.4, 0.5) is 5.13 Å². The number of ether oxygens (including phenoxy) is 1. The zero-order valence-corrected chi connectivity index (χ0v) is 17.0. The van der Waals surface area contributed by atoms with Gasteiger partial charge in [0.15, 0.2) is 0 Å². The Labute approximate surface area is 172 Å². The highest BCUT2D eigenvalue weighted by molar-refractivity contribution is 7.22. The van der Waals surface area contributed by atoms with Crippen molar-refractivity contribution in [1.29, 1.82) is 0 Å². The van der Waals surface area contributed by atoms with E-state index in [1.165, 1.54) is 5.56 Å². The number of nitrogens with zero attached hydrogens (tertiary/aromatic N) is 2. The van der Waals surface area contributed by atoms with Crippen LogP contribution in [0.25, 0.3) is 10.2 Å². The molecule has 0 fully saturated rings. The second-order valence-corrected chi connectivity index (χ2v) is 7.88. The number of rotatable bonds is 5. The molecule has 28 heavy (non-hydrogen) atoms. The molecule has 0 atom stereocenters. The SMILES string of the molecule is Cc1ccc2nc(N/N=C\c3ccc(Oc4ccc(Cl)c(C)c4)cc3)sc2c1. The number of benzene rings is 3. The first-order chi connectivity index (χ1) is 13.6. The summed E-state index contributed by atoms with van der Waals surface area (Å²) in [6, 6.07) is 19.5. The highest BCUT2D eigenvalue weighted by Gasteiger charge is 2.03. The summed E-state index contributed by atoms with van der Waals surface area (Å²) in [5.74, 6) is 1.52. The highest BCUT2D eigenvalue weighted by atomic mass is 35.5. The van der Waals surface area contributed by atoms with Gasteiger partial charge in [0, 0.05) is 5.02 Å². The van der Waals surface area contributed by atoms with Gasteiger partial charge in [0.2, 0.25) is 5.13 Å². The van der Waals surface area contributed by atoms with Crippen molar-refractivity contribution >= 4 is 44.5 Å². The molecule has 0 amide bonds. The first kappa shape index (κ1) is 18.5. The van der Waals surface area contributed by atoms with Gasteiger partial charge >= 0.3 is 0 Å². The average Bonchev–Trinajstić information content (AvgIpc) is 3.08. The number of halogens is 1. The monoisotopic (exact) mass is 407 g/mol. The van der Waals surface area contributed by atoms with E-state index < -0.39 is 0 Å². The van der Waals surface area contributed by atoms with Gasteiger partial charge in [-0.2, -0.15) is 5.10 Å². The van der Waals surface area contributed by atoms with Gasteiger partial charge in [-0.25, -0.2) is 4.98 Å². The molecule has 0 spiro atoms. The van der Waals surface area contributed by atoms with Gasteiger partial charge in [-0.15, -0.1) is 0 Å². The van der Waals surface area contributed by atoms with Crippen LogP contribution < -0.4 is 10.2 Å². The molecule has 1 heterocycles. The molecule has 1 aromatic heterocycles. The van der Waals surface area contributed by atoms with Crippen molar-refractivity contribution in [2.24, 2.45) is 5.10 Å². The van der Waals surface area contributed by atoms with Crippen molar-refractivity contribution in [2.45, 2.75) is 13.8 Å². The lowest BCUT2D eigenvalue weighted by Crippen LogP contribution is -1.90. The predicted molar refractivity (Wildman–Crippen MR) is 118 cm³/mol.